The molecule has 0 unspecified atom stereocenters. The first-order chi connectivity index (χ1) is 8.31. The Morgan fingerprint density at radius 2 is 1.94 bits per heavy atom. The van der Waals surface area contributed by atoms with E-state index >= 15 is 0 Å². The minimum Gasteiger partial charge on any atom is -0.484 e. The minimum atomic E-state index is -0.629. The normalized spacial score (nSPS) is 10.0. The molecular weight excluding hydrogens is 223 g/mol. The summed E-state index contributed by atoms with van der Waals surface area (Å²) in [5.74, 6) is -0.0504. The number of ether oxygens (including phenoxy) is 2. The summed E-state index contributed by atoms with van der Waals surface area (Å²) in [5, 5.41) is 0. The Morgan fingerprint density at radius 1 is 1.18 bits per heavy atom. The van der Waals surface area contributed by atoms with Crippen LogP contribution < -0.4 is 9.47 Å². The fraction of sp³-hybridized carbons (Fsp3) is 0.167. The van der Waals surface area contributed by atoms with Crippen LogP contribution in [-0.2, 0) is 6.61 Å². The Labute approximate surface area is 98.1 Å². The molecule has 2 aromatic heterocycles. The zero-order valence-electron chi connectivity index (χ0n) is 9.26. The van der Waals surface area contributed by atoms with Gasteiger partial charge in [0.2, 0.25) is 5.88 Å². The quantitative estimate of drug-likeness (QED) is 0.761. The maximum Gasteiger partial charge on any atom is 0.255 e. The second-order valence-electron chi connectivity index (χ2n) is 3.25. The number of rotatable bonds is 4. The van der Waals surface area contributed by atoms with Gasteiger partial charge in [-0.15, -0.1) is 0 Å². The molecular formula is C12H11FN2O2. The monoisotopic (exact) mass is 234 g/mol. The lowest BCUT2D eigenvalue weighted by molar-refractivity contribution is 0.276. The predicted octanol–water partition coefficient (Wildman–Crippen LogP) is 2.20. The summed E-state index contributed by atoms with van der Waals surface area (Å²) in [7, 11) is 1.52. The Hall–Kier alpha value is -2.17. The molecule has 2 heterocycles. The van der Waals surface area contributed by atoms with E-state index in [1.165, 1.54) is 19.4 Å². The topological polar surface area (TPSA) is 44.2 Å². The van der Waals surface area contributed by atoms with Gasteiger partial charge in [0.15, 0.2) is 5.75 Å². The van der Waals surface area contributed by atoms with Crippen LogP contribution in [0, 0.1) is 5.95 Å². The lowest BCUT2D eigenvalue weighted by Gasteiger charge is -2.08. The number of aromatic nitrogens is 2. The van der Waals surface area contributed by atoms with Gasteiger partial charge in [-0.1, -0.05) is 0 Å². The summed E-state index contributed by atoms with van der Waals surface area (Å²) < 4.78 is 23.6. The molecule has 0 radical (unpaired) electrons. The molecule has 88 valence electrons. The maximum absolute atomic E-state index is 13.2. The molecule has 0 saturated carbocycles. The van der Waals surface area contributed by atoms with E-state index in [2.05, 4.69) is 9.97 Å². The van der Waals surface area contributed by atoms with E-state index in [1.54, 1.807) is 24.4 Å². The van der Waals surface area contributed by atoms with Crippen molar-refractivity contribution in [3.63, 3.8) is 0 Å². The molecule has 0 aliphatic carbocycles. The van der Waals surface area contributed by atoms with E-state index in [4.69, 9.17) is 9.47 Å². The van der Waals surface area contributed by atoms with Crippen LogP contribution in [0.1, 0.15) is 5.56 Å². The standard InChI is InChI=1S/C12H11FN2O2/c1-16-12-9(4-2-7-15-12)8-17-10-5-3-6-14-11(10)13/h2-7H,8H2,1H3. The highest BCUT2D eigenvalue weighted by atomic mass is 19.1. The molecule has 0 aliphatic rings. The van der Waals surface area contributed by atoms with Crippen LogP contribution in [0.2, 0.25) is 0 Å². The van der Waals surface area contributed by atoms with Crippen LogP contribution in [0.5, 0.6) is 11.6 Å². The molecule has 17 heavy (non-hydrogen) atoms. The van der Waals surface area contributed by atoms with Crippen LogP contribution in [0.4, 0.5) is 4.39 Å². The second kappa shape index (κ2) is 5.25. The molecule has 2 rings (SSSR count). The van der Waals surface area contributed by atoms with Gasteiger partial charge in [-0.3, -0.25) is 0 Å². The predicted molar refractivity (Wildman–Crippen MR) is 59.3 cm³/mol. The fourth-order valence-corrected chi connectivity index (χ4v) is 1.35. The first kappa shape index (κ1) is 11.3. The van der Waals surface area contributed by atoms with Gasteiger partial charge in [-0.05, 0) is 24.3 Å². The van der Waals surface area contributed by atoms with Crippen molar-refractivity contribution in [1.82, 2.24) is 9.97 Å². The lowest BCUT2D eigenvalue weighted by Crippen LogP contribution is -2.01. The summed E-state index contributed by atoms with van der Waals surface area (Å²) >= 11 is 0. The third-order valence-electron chi connectivity index (χ3n) is 2.15. The largest absolute Gasteiger partial charge is 0.484 e. The smallest absolute Gasteiger partial charge is 0.255 e. The average molecular weight is 234 g/mol. The lowest BCUT2D eigenvalue weighted by atomic mass is 10.3. The number of nitrogens with zero attached hydrogens (tertiary/aromatic N) is 2. The van der Waals surface area contributed by atoms with Gasteiger partial charge < -0.3 is 9.47 Å². The minimum absolute atomic E-state index is 0.110. The molecule has 0 amide bonds. The molecule has 0 aliphatic heterocycles. The van der Waals surface area contributed by atoms with Crippen LogP contribution in [0.15, 0.2) is 36.7 Å². The molecule has 0 spiro atoms. The molecule has 5 heteroatoms. The molecule has 0 saturated heterocycles. The summed E-state index contributed by atoms with van der Waals surface area (Å²) in [6, 6.07) is 6.70. The Kier molecular flexibility index (Phi) is 3.49. The first-order valence-corrected chi connectivity index (χ1v) is 5.02. The fourth-order valence-electron chi connectivity index (χ4n) is 1.35. The van der Waals surface area contributed by atoms with Gasteiger partial charge in [0.25, 0.3) is 5.95 Å². The number of pyridine rings is 2. The SMILES string of the molecule is COc1ncccc1COc1cccnc1F. The van der Waals surface area contributed by atoms with Crippen LogP contribution >= 0.6 is 0 Å². The molecule has 4 nitrogen and oxygen atoms in total. The highest BCUT2D eigenvalue weighted by Crippen LogP contribution is 2.18. The van der Waals surface area contributed by atoms with Crippen molar-refractivity contribution in [2.75, 3.05) is 7.11 Å². The van der Waals surface area contributed by atoms with Gasteiger partial charge in [-0.2, -0.15) is 4.39 Å². The molecule has 0 bridgehead atoms. The Balaban J connectivity index is 2.10. The van der Waals surface area contributed by atoms with E-state index in [9.17, 15) is 4.39 Å². The van der Waals surface area contributed by atoms with E-state index in [0.717, 1.165) is 5.56 Å². The zero-order valence-corrected chi connectivity index (χ0v) is 9.26. The molecule has 0 atom stereocenters. The van der Waals surface area contributed by atoms with E-state index in [0.29, 0.717) is 5.88 Å². The van der Waals surface area contributed by atoms with Crippen LogP contribution in [0.3, 0.4) is 0 Å². The Bertz CT molecular complexity index is 505. The maximum atomic E-state index is 13.2. The number of methoxy groups -OCH3 is 1. The van der Waals surface area contributed by atoms with Gasteiger partial charge in [0, 0.05) is 12.4 Å². The molecule has 0 aromatic carbocycles. The summed E-state index contributed by atoms with van der Waals surface area (Å²) in [6.07, 6.45) is 2.99. The summed E-state index contributed by atoms with van der Waals surface area (Å²) in [6.45, 7) is 0.180. The summed E-state index contributed by atoms with van der Waals surface area (Å²) in [4.78, 5) is 7.52. The van der Waals surface area contributed by atoms with E-state index < -0.39 is 5.95 Å². The second-order valence-corrected chi connectivity index (χ2v) is 3.25. The number of hydrogen-bond acceptors (Lipinski definition) is 4. The third-order valence-corrected chi connectivity index (χ3v) is 2.15. The molecule has 0 fully saturated rings. The van der Waals surface area contributed by atoms with Gasteiger partial charge in [-0.25, -0.2) is 9.97 Å². The van der Waals surface area contributed by atoms with E-state index in [-0.39, 0.29) is 12.4 Å². The highest BCUT2D eigenvalue weighted by Gasteiger charge is 2.07. The highest BCUT2D eigenvalue weighted by molar-refractivity contribution is 5.26. The van der Waals surface area contributed by atoms with Crippen molar-refractivity contribution < 1.29 is 13.9 Å². The van der Waals surface area contributed by atoms with Crippen molar-refractivity contribution in [3.05, 3.63) is 48.2 Å². The number of halogens is 1. The average Bonchev–Trinajstić information content (AvgIpc) is 2.38. The van der Waals surface area contributed by atoms with Gasteiger partial charge >= 0.3 is 0 Å². The van der Waals surface area contributed by atoms with E-state index in [1.807, 2.05) is 0 Å². The van der Waals surface area contributed by atoms with Gasteiger partial charge in [0.05, 0.1) is 12.7 Å². The van der Waals surface area contributed by atoms with Crippen molar-refractivity contribution in [2.24, 2.45) is 0 Å². The van der Waals surface area contributed by atoms with Crippen molar-refractivity contribution in [3.8, 4) is 11.6 Å². The van der Waals surface area contributed by atoms with Crippen molar-refractivity contribution in [2.45, 2.75) is 6.61 Å². The van der Waals surface area contributed by atoms with Crippen LogP contribution in [0.25, 0.3) is 0 Å². The summed E-state index contributed by atoms with van der Waals surface area (Å²) in [5.41, 5.74) is 0.748. The molecule has 0 N–H and O–H groups in total. The van der Waals surface area contributed by atoms with Crippen LogP contribution in [-0.4, -0.2) is 17.1 Å². The van der Waals surface area contributed by atoms with Crippen molar-refractivity contribution in [1.29, 1.82) is 0 Å². The van der Waals surface area contributed by atoms with Crippen molar-refractivity contribution >= 4 is 0 Å². The number of hydrogen-bond donors (Lipinski definition) is 0. The third kappa shape index (κ3) is 2.69. The Morgan fingerprint density at radius 3 is 2.71 bits per heavy atom. The first-order valence-electron chi connectivity index (χ1n) is 5.02. The molecule has 2 aromatic rings. The zero-order chi connectivity index (χ0) is 12.1. The van der Waals surface area contributed by atoms with Gasteiger partial charge in [0.1, 0.15) is 6.61 Å².